The van der Waals surface area contributed by atoms with Crippen LogP contribution in [0.1, 0.15) is 70.0 Å². The number of hydrogen-bond acceptors (Lipinski definition) is 3. The van der Waals surface area contributed by atoms with Crippen LogP contribution >= 0.6 is 0 Å². The number of rotatable bonds is 7. The van der Waals surface area contributed by atoms with E-state index in [2.05, 4.69) is 43.4 Å². The average molecular weight is 401 g/mol. The minimum Gasteiger partial charge on any atom is -0.378 e. The molecular formula is C24H36N2O3. The van der Waals surface area contributed by atoms with Crippen LogP contribution in [0.5, 0.6) is 0 Å². The molecule has 0 spiro atoms. The van der Waals surface area contributed by atoms with Gasteiger partial charge in [0.15, 0.2) is 0 Å². The molecule has 1 aromatic carbocycles. The maximum atomic E-state index is 13.3. The minimum atomic E-state index is -0.554. The predicted molar refractivity (Wildman–Crippen MR) is 114 cm³/mol. The van der Waals surface area contributed by atoms with Crippen LogP contribution in [0.15, 0.2) is 24.3 Å². The monoisotopic (exact) mass is 400 g/mol. The third-order valence-corrected chi connectivity index (χ3v) is 6.37. The van der Waals surface area contributed by atoms with Gasteiger partial charge in [0.1, 0.15) is 0 Å². The van der Waals surface area contributed by atoms with Crippen LogP contribution in [-0.4, -0.2) is 43.0 Å². The third kappa shape index (κ3) is 5.59. The second kappa shape index (κ2) is 9.75. The van der Waals surface area contributed by atoms with Gasteiger partial charge in [-0.3, -0.25) is 9.59 Å². The van der Waals surface area contributed by atoms with Gasteiger partial charge in [0.2, 0.25) is 11.8 Å². The summed E-state index contributed by atoms with van der Waals surface area (Å²) >= 11 is 0. The van der Waals surface area contributed by atoms with Crippen molar-refractivity contribution >= 4 is 11.8 Å². The number of morpholine rings is 1. The number of carbonyl (C=O) groups excluding carboxylic acids is 2. The lowest BCUT2D eigenvalue weighted by Gasteiger charge is -2.33. The lowest BCUT2D eigenvalue weighted by atomic mass is 9.80. The number of amides is 2. The van der Waals surface area contributed by atoms with Crippen LogP contribution in [-0.2, 0) is 20.7 Å². The van der Waals surface area contributed by atoms with E-state index < -0.39 is 5.41 Å². The molecule has 160 valence electrons. The zero-order valence-corrected chi connectivity index (χ0v) is 18.2. The largest absolute Gasteiger partial charge is 0.378 e. The molecule has 1 saturated carbocycles. The molecule has 1 N–H and O–H groups in total. The van der Waals surface area contributed by atoms with Crippen molar-refractivity contribution in [3.05, 3.63) is 35.4 Å². The van der Waals surface area contributed by atoms with Crippen molar-refractivity contribution in [1.82, 2.24) is 10.2 Å². The fraction of sp³-hybridized carbons (Fsp3) is 0.667. The molecule has 2 aliphatic rings. The maximum absolute atomic E-state index is 13.3. The van der Waals surface area contributed by atoms with Gasteiger partial charge in [-0.2, -0.15) is 0 Å². The zero-order valence-electron chi connectivity index (χ0n) is 18.2. The first kappa shape index (κ1) is 21.8. The highest BCUT2D eigenvalue weighted by atomic mass is 16.5. The summed E-state index contributed by atoms with van der Waals surface area (Å²) in [6.07, 6.45) is 5.01. The Kier molecular flexibility index (Phi) is 7.33. The van der Waals surface area contributed by atoms with E-state index >= 15 is 0 Å². The normalized spacial score (nSPS) is 19.9. The quantitative estimate of drug-likeness (QED) is 0.756. The highest BCUT2D eigenvalue weighted by molar-refractivity contribution is 5.89. The summed E-state index contributed by atoms with van der Waals surface area (Å²) < 4.78 is 5.35. The van der Waals surface area contributed by atoms with Crippen molar-refractivity contribution in [3.8, 4) is 0 Å². The highest BCUT2D eigenvalue weighted by Crippen LogP contribution is 2.42. The fourth-order valence-corrected chi connectivity index (χ4v) is 4.60. The Morgan fingerprint density at radius 2 is 1.69 bits per heavy atom. The van der Waals surface area contributed by atoms with Gasteiger partial charge in [0.25, 0.3) is 0 Å². The molecule has 1 unspecified atom stereocenters. The van der Waals surface area contributed by atoms with Gasteiger partial charge in [-0.1, -0.05) is 51.0 Å². The van der Waals surface area contributed by atoms with Crippen molar-refractivity contribution < 1.29 is 14.3 Å². The molecule has 2 amide bonds. The first-order chi connectivity index (χ1) is 13.9. The smallest absolute Gasteiger partial charge is 0.227 e. The van der Waals surface area contributed by atoms with E-state index in [1.807, 2.05) is 11.8 Å². The molecule has 0 radical (unpaired) electrons. The van der Waals surface area contributed by atoms with Crippen LogP contribution in [0.3, 0.4) is 0 Å². The van der Waals surface area contributed by atoms with E-state index in [1.165, 1.54) is 5.56 Å². The number of nitrogens with one attached hydrogen (secondary N) is 1. The van der Waals surface area contributed by atoms with Crippen molar-refractivity contribution in [2.45, 2.75) is 65.3 Å². The molecule has 1 aromatic rings. The molecule has 1 aliphatic carbocycles. The Morgan fingerprint density at radius 3 is 2.28 bits per heavy atom. The van der Waals surface area contributed by atoms with Crippen molar-refractivity contribution in [1.29, 1.82) is 0 Å². The van der Waals surface area contributed by atoms with E-state index in [-0.39, 0.29) is 17.9 Å². The van der Waals surface area contributed by atoms with Gasteiger partial charge in [-0.15, -0.1) is 0 Å². The van der Waals surface area contributed by atoms with Gasteiger partial charge in [0, 0.05) is 19.5 Å². The van der Waals surface area contributed by atoms with Gasteiger partial charge < -0.3 is 15.0 Å². The van der Waals surface area contributed by atoms with Gasteiger partial charge >= 0.3 is 0 Å². The van der Waals surface area contributed by atoms with Gasteiger partial charge in [-0.05, 0) is 43.2 Å². The molecule has 2 fully saturated rings. The second-order valence-corrected chi connectivity index (χ2v) is 9.19. The number of benzene rings is 1. The summed E-state index contributed by atoms with van der Waals surface area (Å²) in [5.74, 6) is 0.760. The molecule has 3 rings (SSSR count). The predicted octanol–water partition coefficient (Wildman–Crippen LogP) is 3.87. The summed E-state index contributed by atoms with van der Waals surface area (Å²) in [4.78, 5) is 28.0. The van der Waals surface area contributed by atoms with Crippen molar-refractivity contribution in [2.24, 2.45) is 11.3 Å². The number of carbonyl (C=O) groups is 2. The lowest BCUT2D eigenvalue weighted by Crippen LogP contribution is -2.47. The summed E-state index contributed by atoms with van der Waals surface area (Å²) in [5.41, 5.74) is 1.88. The summed E-state index contributed by atoms with van der Waals surface area (Å²) in [6, 6.07) is 8.48. The van der Waals surface area contributed by atoms with Crippen LogP contribution in [0.2, 0.25) is 0 Å². The highest BCUT2D eigenvalue weighted by Gasteiger charge is 2.44. The van der Waals surface area contributed by atoms with E-state index in [1.54, 1.807) is 0 Å². The number of ether oxygens (including phenoxy) is 1. The first-order valence-electron chi connectivity index (χ1n) is 11.1. The first-order valence-corrected chi connectivity index (χ1v) is 11.1. The topological polar surface area (TPSA) is 58.6 Å². The molecule has 0 bridgehead atoms. The maximum Gasteiger partial charge on any atom is 0.227 e. The fourth-order valence-electron chi connectivity index (χ4n) is 4.60. The van der Waals surface area contributed by atoms with E-state index in [0.717, 1.165) is 37.7 Å². The molecule has 1 aliphatic heterocycles. The van der Waals surface area contributed by atoms with E-state index in [9.17, 15) is 9.59 Å². The second-order valence-electron chi connectivity index (χ2n) is 9.19. The number of nitrogens with zero attached hydrogens (tertiary/aromatic N) is 1. The Bertz CT molecular complexity index is 687. The van der Waals surface area contributed by atoms with E-state index in [4.69, 9.17) is 4.74 Å². The van der Waals surface area contributed by atoms with Crippen LogP contribution in [0, 0.1) is 11.3 Å². The zero-order chi connectivity index (χ0) is 20.9. The Hall–Kier alpha value is -1.88. The summed E-state index contributed by atoms with van der Waals surface area (Å²) in [6.45, 7) is 8.92. The van der Waals surface area contributed by atoms with Crippen LogP contribution in [0.25, 0.3) is 0 Å². The lowest BCUT2D eigenvalue weighted by molar-refractivity contribution is -0.144. The Labute approximate surface area is 175 Å². The molecule has 1 atom stereocenters. The molecule has 5 heteroatoms. The molecule has 5 nitrogen and oxygen atoms in total. The van der Waals surface area contributed by atoms with Crippen LogP contribution < -0.4 is 5.32 Å². The third-order valence-electron chi connectivity index (χ3n) is 6.37. The van der Waals surface area contributed by atoms with Gasteiger partial charge in [-0.25, -0.2) is 0 Å². The Morgan fingerprint density at radius 1 is 1.07 bits per heavy atom. The molecule has 0 aromatic heterocycles. The molecule has 1 saturated heterocycles. The summed E-state index contributed by atoms with van der Waals surface area (Å²) in [5, 5.41) is 3.21. The molecule has 29 heavy (non-hydrogen) atoms. The van der Waals surface area contributed by atoms with Gasteiger partial charge in [0.05, 0.1) is 24.7 Å². The van der Waals surface area contributed by atoms with Crippen molar-refractivity contribution in [2.75, 3.05) is 26.3 Å². The summed E-state index contributed by atoms with van der Waals surface area (Å²) in [7, 11) is 0. The average Bonchev–Trinajstić information content (AvgIpc) is 3.18. The van der Waals surface area contributed by atoms with E-state index in [0.29, 0.717) is 38.6 Å². The van der Waals surface area contributed by atoms with Crippen LogP contribution in [0.4, 0.5) is 0 Å². The SMILES string of the molecule is CC(C)Cc1ccc(C(C)NC(=O)C2(CC(=O)N3CCOCC3)CCCC2)cc1. The Balaban J connectivity index is 1.63. The standard InChI is InChI=1S/C24H36N2O3/c1-18(2)16-20-6-8-21(9-7-20)19(3)25-23(28)24(10-4-5-11-24)17-22(27)26-12-14-29-15-13-26/h6-9,18-19H,4-5,10-17H2,1-3H3,(H,25,28). The molecule has 1 heterocycles. The van der Waals surface area contributed by atoms with Crippen molar-refractivity contribution in [3.63, 3.8) is 0 Å². The number of hydrogen-bond donors (Lipinski definition) is 1. The minimum absolute atomic E-state index is 0.0374. The molecular weight excluding hydrogens is 364 g/mol.